The van der Waals surface area contributed by atoms with Gasteiger partial charge in [-0.1, -0.05) is 23.8 Å². The average molecular weight is 262 g/mol. The second-order valence-corrected chi connectivity index (χ2v) is 5.82. The molecule has 1 fully saturated rings. The van der Waals surface area contributed by atoms with Crippen LogP contribution in [0, 0.1) is 13.8 Å². The number of rotatable bonds is 3. The Balaban J connectivity index is 2.26. The largest absolute Gasteiger partial charge is 0.373 e. The van der Waals surface area contributed by atoms with Gasteiger partial charge in [-0.25, -0.2) is 0 Å². The minimum atomic E-state index is 0.280. The van der Waals surface area contributed by atoms with Gasteiger partial charge in [0.05, 0.1) is 12.2 Å². The van der Waals surface area contributed by atoms with Gasteiger partial charge in [0.1, 0.15) is 0 Å². The summed E-state index contributed by atoms with van der Waals surface area (Å²) in [7, 11) is 0. The molecule has 2 N–H and O–H groups in total. The highest BCUT2D eigenvalue weighted by atomic mass is 16.5. The summed E-state index contributed by atoms with van der Waals surface area (Å²) in [4.78, 5) is 2.47. The van der Waals surface area contributed by atoms with Gasteiger partial charge in [0.2, 0.25) is 0 Å². The molecule has 1 aromatic rings. The Bertz CT molecular complexity index is 423. The molecule has 1 saturated heterocycles. The van der Waals surface area contributed by atoms with E-state index in [0.29, 0.717) is 12.6 Å². The van der Waals surface area contributed by atoms with Crippen molar-refractivity contribution in [2.45, 2.75) is 45.9 Å². The number of ether oxygens (including phenoxy) is 1. The predicted octanol–water partition coefficient (Wildman–Crippen LogP) is 2.41. The van der Waals surface area contributed by atoms with Gasteiger partial charge in [0.25, 0.3) is 0 Å². The first-order chi connectivity index (χ1) is 9.01. The van der Waals surface area contributed by atoms with Gasteiger partial charge in [-0.3, -0.25) is 4.90 Å². The summed E-state index contributed by atoms with van der Waals surface area (Å²) >= 11 is 0. The number of benzene rings is 1. The highest BCUT2D eigenvalue weighted by Crippen LogP contribution is 2.27. The molecule has 3 atom stereocenters. The van der Waals surface area contributed by atoms with Crippen LogP contribution in [0.4, 0.5) is 0 Å². The molecule has 1 aromatic carbocycles. The van der Waals surface area contributed by atoms with Gasteiger partial charge in [0, 0.05) is 25.7 Å². The van der Waals surface area contributed by atoms with Crippen LogP contribution in [-0.2, 0) is 4.74 Å². The van der Waals surface area contributed by atoms with Gasteiger partial charge in [-0.2, -0.15) is 0 Å². The lowest BCUT2D eigenvalue weighted by Gasteiger charge is -2.40. The molecule has 3 nitrogen and oxygen atoms in total. The van der Waals surface area contributed by atoms with Crippen molar-refractivity contribution in [1.82, 2.24) is 4.90 Å². The molecular weight excluding hydrogens is 236 g/mol. The fourth-order valence-electron chi connectivity index (χ4n) is 3.06. The molecule has 106 valence electrons. The van der Waals surface area contributed by atoms with E-state index in [1.807, 2.05) is 0 Å². The number of aryl methyl sites for hydroxylation is 2. The first kappa shape index (κ1) is 14.5. The third-order valence-corrected chi connectivity index (χ3v) is 3.91. The summed E-state index contributed by atoms with van der Waals surface area (Å²) in [5.41, 5.74) is 10.1. The third kappa shape index (κ3) is 3.35. The first-order valence-corrected chi connectivity index (χ1v) is 7.18. The van der Waals surface area contributed by atoms with Crippen LogP contribution < -0.4 is 5.73 Å². The van der Waals surface area contributed by atoms with Crippen LogP contribution in [0.5, 0.6) is 0 Å². The van der Waals surface area contributed by atoms with Crippen LogP contribution in [0.25, 0.3) is 0 Å². The lowest BCUT2D eigenvalue weighted by Crippen LogP contribution is -2.48. The summed E-state index contributed by atoms with van der Waals surface area (Å²) in [6.45, 7) is 11.2. The van der Waals surface area contributed by atoms with E-state index in [2.05, 4.69) is 50.8 Å². The Kier molecular flexibility index (Phi) is 4.61. The lowest BCUT2D eigenvalue weighted by atomic mass is 9.96. The number of nitrogens with zero attached hydrogens (tertiary/aromatic N) is 1. The molecule has 2 rings (SSSR count). The van der Waals surface area contributed by atoms with E-state index in [4.69, 9.17) is 10.5 Å². The molecule has 1 unspecified atom stereocenters. The van der Waals surface area contributed by atoms with Gasteiger partial charge >= 0.3 is 0 Å². The van der Waals surface area contributed by atoms with E-state index in [0.717, 1.165) is 13.1 Å². The van der Waals surface area contributed by atoms with Crippen LogP contribution >= 0.6 is 0 Å². The Morgan fingerprint density at radius 3 is 2.47 bits per heavy atom. The zero-order valence-electron chi connectivity index (χ0n) is 12.5. The van der Waals surface area contributed by atoms with Crippen LogP contribution in [0.3, 0.4) is 0 Å². The van der Waals surface area contributed by atoms with E-state index in [1.165, 1.54) is 16.7 Å². The zero-order chi connectivity index (χ0) is 14.0. The van der Waals surface area contributed by atoms with Crippen molar-refractivity contribution in [3.05, 3.63) is 34.9 Å². The number of morpholine rings is 1. The normalized spacial score (nSPS) is 26.4. The molecule has 0 aromatic heterocycles. The van der Waals surface area contributed by atoms with Crippen molar-refractivity contribution in [2.24, 2.45) is 5.73 Å². The van der Waals surface area contributed by atoms with Crippen LogP contribution in [0.1, 0.15) is 36.6 Å². The minimum absolute atomic E-state index is 0.280. The molecule has 1 aliphatic heterocycles. The van der Waals surface area contributed by atoms with Crippen LogP contribution in [0.2, 0.25) is 0 Å². The summed E-state index contributed by atoms with van der Waals surface area (Å²) in [6, 6.07) is 6.93. The van der Waals surface area contributed by atoms with Gasteiger partial charge in [-0.05, 0) is 38.8 Å². The second kappa shape index (κ2) is 6.04. The third-order valence-electron chi connectivity index (χ3n) is 3.91. The van der Waals surface area contributed by atoms with E-state index in [1.54, 1.807) is 0 Å². The standard InChI is InChI=1S/C16H26N2O/c1-11-5-6-12(2)15(7-11)16(8-17)18-9-13(3)19-14(4)10-18/h5-7,13-14,16H,8-10,17H2,1-4H3/t13-,14+,16?. The summed E-state index contributed by atoms with van der Waals surface area (Å²) < 4.78 is 5.82. The maximum atomic E-state index is 6.06. The maximum absolute atomic E-state index is 6.06. The first-order valence-electron chi connectivity index (χ1n) is 7.18. The van der Waals surface area contributed by atoms with Crippen LogP contribution in [0.15, 0.2) is 18.2 Å². The Labute approximate surface area is 116 Å². The number of hydrogen-bond donors (Lipinski definition) is 1. The van der Waals surface area contributed by atoms with Gasteiger partial charge in [-0.15, -0.1) is 0 Å². The number of nitrogens with two attached hydrogens (primary N) is 1. The van der Waals surface area contributed by atoms with E-state index in [9.17, 15) is 0 Å². The molecule has 1 heterocycles. The van der Waals surface area contributed by atoms with Gasteiger partial charge in [0.15, 0.2) is 0 Å². The predicted molar refractivity (Wildman–Crippen MR) is 79.3 cm³/mol. The van der Waals surface area contributed by atoms with E-state index in [-0.39, 0.29) is 12.2 Å². The molecule has 0 bridgehead atoms. The molecule has 0 aliphatic carbocycles. The van der Waals surface area contributed by atoms with Crippen molar-refractivity contribution in [2.75, 3.05) is 19.6 Å². The molecule has 1 aliphatic rings. The molecule has 0 spiro atoms. The topological polar surface area (TPSA) is 38.5 Å². The van der Waals surface area contributed by atoms with Crippen molar-refractivity contribution in [3.63, 3.8) is 0 Å². The molecule has 0 amide bonds. The Morgan fingerprint density at radius 2 is 1.89 bits per heavy atom. The smallest absolute Gasteiger partial charge is 0.0678 e. The SMILES string of the molecule is Cc1ccc(C)c(C(CN)N2C[C@@H](C)O[C@@H](C)C2)c1. The molecule has 0 radical (unpaired) electrons. The lowest BCUT2D eigenvalue weighted by molar-refractivity contribution is -0.0800. The summed E-state index contributed by atoms with van der Waals surface area (Å²) in [5.74, 6) is 0. The quantitative estimate of drug-likeness (QED) is 0.909. The monoisotopic (exact) mass is 262 g/mol. The van der Waals surface area contributed by atoms with Gasteiger partial charge < -0.3 is 10.5 Å². The highest BCUT2D eigenvalue weighted by molar-refractivity contribution is 5.33. The van der Waals surface area contributed by atoms with Crippen molar-refractivity contribution >= 4 is 0 Å². The molecular formula is C16H26N2O. The van der Waals surface area contributed by atoms with Crippen molar-refractivity contribution < 1.29 is 4.74 Å². The average Bonchev–Trinajstić information content (AvgIpc) is 2.33. The minimum Gasteiger partial charge on any atom is -0.373 e. The maximum Gasteiger partial charge on any atom is 0.0678 e. The van der Waals surface area contributed by atoms with Crippen molar-refractivity contribution in [1.29, 1.82) is 0 Å². The second-order valence-electron chi connectivity index (χ2n) is 5.82. The molecule has 0 saturated carbocycles. The zero-order valence-corrected chi connectivity index (χ0v) is 12.5. The fourth-order valence-corrected chi connectivity index (χ4v) is 3.06. The summed E-state index contributed by atoms with van der Waals surface area (Å²) in [5, 5.41) is 0. The Morgan fingerprint density at radius 1 is 1.26 bits per heavy atom. The molecule has 3 heteroatoms. The van der Waals surface area contributed by atoms with Crippen molar-refractivity contribution in [3.8, 4) is 0 Å². The molecule has 19 heavy (non-hydrogen) atoms. The van der Waals surface area contributed by atoms with E-state index >= 15 is 0 Å². The van der Waals surface area contributed by atoms with Crippen LogP contribution in [-0.4, -0.2) is 36.7 Å². The van der Waals surface area contributed by atoms with E-state index < -0.39 is 0 Å². The Hall–Kier alpha value is -0.900. The number of hydrogen-bond acceptors (Lipinski definition) is 3. The highest BCUT2D eigenvalue weighted by Gasteiger charge is 2.28. The fraction of sp³-hybridized carbons (Fsp3) is 0.625. The summed E-state index contributed by atoms with van der Waals surface area (Å²) in [6.07, 6.45) is 0.561.